The summed E-state index contributed by atoms with van der Waals surface area (Å²) in [4.78, 5) is 0. The van der Waals surface area contributed by atoms with E-state index in [4.69, 9.17) is 15.2 Å². The van der Waals surface area contributed by atoms with E-state index in [9.17, 15) is 0 Å². The molecule has 1 fully saturated rings. The zero-order chi connectivity index (χ0) is 12.9. The lowest BCUT2D eigenvalue weighted by Gasteiger charge is -2.28. The Labute approximate surface area is 108 Å². The zero-order valence-corrected chi connectivity index (χ0v) is 11.4. The Bertz CT molecular complexity index is 490. The maximum atomic E-state index is 6.19. The number of hydrogen-bond acceptors (Lipinski definition) is 3. The maximum Gasteiger partial charge on any atom is 0.164 e. The van der Waals surface area contributed by atoms with Crippen molar-refractivity contribution < 1.29 is 9.47 Å². The van der Waals surface area contributed by atoms with E-state index < -0.39 is 0 Å². The highest BCUT2D eigenvalue weighted by Gasteiger charge is 2.49. The van der Waals surface area contributed by atoms with Gasteiger partial charge in [0.05, 0.1) is 0 Å². The molecule has 1 aliphatic heterocycles. The van der Waals surface area contributed by atoms with E-state index >= 15 is 0 Å². The first kappa shape index (κ1) is 11.8. The van der Waals surface area contributed by atoms with Crippen molar-refractivity contribution in [2.75, 3.05) is 13.2 Å². The first-order chi connectivity index (χ1) is 8.56. The molecular weight excluding hydrogens is 226 g/mol. The summed E-state index contributed by atoms with van der Waals surface area (Å²) in [5.74, 6) is 1.81. The van der Waals surface area contributed by atoms with Crippen LogP contribution in [0.15, 0.2) is 6.07 Å². The van der Waals surface area contributed by atoms with E-state index in [1.165, 1.54) is 29.5 Å². The van der Waals surface area contributed by atoms with Gasteiger partial charge in [0.1, 0.15) is 13.2 Å². The fourth-order valence-corrected chi connectivity index (χ4v) is 3.07. The summed E-state index contributed by atoms with van der Waals surface area (Å²) in [6.45, 7) is 7.68. The van der Waals surface area contributed by atoms with Gasteiger partial charge >= 0.3 is 0 Å². The minimum atomic E-state index is 0.171. The minimum Gasteiger partial charge on any atom is -0.486 e. The fourth-order valence-electron chi connectivity index (χ4n) is 3.07. The third kappa shape index (κ3) is 1.53. The van der Waals surface area contributed by atoms with Crippen LogP contribution in [0.5, 0.6) is 11.5 Å². The summed E-state index contributed by atoms with van der Waals surface area (Å²) in [7, 11) is 0. The molecule has 0 radical (unpaired) electrons. The van der Waals surface area contributed by atoms with Crippen molar-refractivity contribution in [1.82, 2.24) is 0 Å². The Hall–Kier alpha value is -1.22. The molecular formula is C15H21NO2. The lowest BCUT2D eigenvalue weighted by Crippen LogP contribution is -2.32. The molecule has 2 aliphatic rings. The molecule has 98 valence electrons. The monoisotopic (exact) mass is 247 g/mol. The van der Waals surface area contributed by atoms with Crippen molar-refractivity contribution in [1.29, 1.82) is 0 Å². The smallest absolute Gasteiger partial charge is 0.164 e. The third-order valence-electron chi connectivity index (χ3n) is 4.59. The summed E-state index contributed by atoms with van der Waals surface area (Å²) in [6, 6.07) is 2.35. The van der Waals surface area contributed by atoms with Gasteiger partial charge < -0.3 is 15.2 Å². The number of hydrogen-bond donors (Lipinski definition) is 1. The van der Waals surface area contributed by atoms with E-state index in [2.05, 4.69) is 26.8 Å². The van der Waals surface area contributed by atoms with Crippen molar-refractivity contribution in [2.24, 2.45) is 5.73 Å². The van der Waals surface area contributed by atoms with Crippen LogP contribution in [0.3, 0.4) is 0 Å². The van der Waals surface area contributed by atoms with E-state index in [1.54, 1.807) is 0 Å². The van der Waals surface area contributed by atoms with Gasteiger partial charge in [0.25, 0.3) is 0 Å². The van der Waals surface area contributed by atoms with Gasteiger partial charge in [0.2, 0.25) is 0 Å². The fraction of sp³-hybridized carbons (Fsp3) is 0.600. The summed E-state index contributed by atoms with van der Waals surface area (Å²) >= 11 is 0. The van der Waals surface area contributed by atoms with Crippen LogP contribution in [0.1, 0.15) is 36.5 Å². The van der Waals surface area contributed by atoms with Crippen LogP contribution in [0, 0.1) is 13.8 Å². The highest BCUT2D eigenvalue weighted by molar-refractivity contribution is 5.57. The number of ether oxygens (including phenoxy) is 2. The molecule has 18 heavy (non-hydrogen) atoms. The Balaban J connectivity index is 2.14. The SMILES string of the molecule is Cc1c(C2(C(C)N)CC2)cc2c(c1C)OCCO2. The largest absolute Gasteiger partial charge is 0.486 e. The highest BCUT2D eigenvalue weighted by atomic mass is 16.6. The van der Waals surface area contributed by atoms with Crippen LogP contribution in [-0.2, 0) is 5.41 Å². The van der Waals surface area contributed by atoms with Gasteiger partial charge in [-0.1, -0.05) is 0 Å². The summed E-state index contributed by atoms with van der Waals surface area (Å²) < 4.78 is 11.5. The van der Waals surface area contributed by atoms with E-state index in [1.807, 2.05) is 0 Å². The molecule has 1 atom stereocenters. The van der Waals surface area contributed by atoms with Gasteiger partial charge in [0, 0.05) is 11.5 Å². The second-order valence-corrected chi connectivity index (χ2v) is 5.64. The second kappa shape index (κ2) is 3.89. The molecule has 3 heteroatoms. The molecule has 0 amide bonds. The van der Waals surface area contributed by atoms with Crippen molar-refractivity contribution in [3.8, 4) is 11.5 Å². The van der Waals surface area contributed by atoms with Crippen LogP contribution in [0.2, 0.25) is 0 Å². The lowest BCUT2D eigenvalue weighted by atomic mass is 9.84. The summed E-state index contributed by atoms with van der Waals surface area (Å²) in [6.07, 6.45) is 2.37. The van der Waals surface area contributed by atoms with Crippen molar-refractivity contribution >= 4 is 0 Å². The molecule has 1 unspecified atom stereocenters. The van der Waals surface area contributed by atoms with Crippen LogP contribution in [0.4, 0.5) is 0 Å². The van der Waals surface area contributed by atoms with Crippen molar-refractivity contribution in [2.45, 2.75) is 45.1 Å². The van der Waals surface area contributed by atoms with Gasteiger partial charge in [-0.05, 0) is 56.4 Å². The standard InChI is InChI=1S/C15H21NO2/c1-9-10(2)14-13(17-6-7-18-14)8-12(9)15(4-5-15)11(3)16/h8,11H,4-7,16H2,1-3H3. The molecule has 0 bridgehead atoms. The quantitative estimate of drug-likeness (QED) is 0.873. The van der Waals surface area contributed by atoms with Gasteiger partial charge in [-0.2, -0.15) is 0 Å². The molecule has 0 saturated heterocycles. The number of nitrogens with two attached hydrogens (primary N) is 1. The molecule has 3 rings (SSSR count). The van der Waals surface area contributed by atoms with Crippen LogP contribution in [0.25, 0.3) is 0 Å². The molecule has 1 aliphatic carbocycles. The Kier molecular flexibility index (Phi) is 2.56. The molecule has 3 nitrogen and oxygen atoms in total. The highest BCUT2D eigenvalue weighted by Crippen LogP contribution is 2.54. The zero-order valence-electron chi connectivity index (χ0n) is 11.4. The van der Waals surface area contributed by atoms with Crippen molar-refractivity contribution in [3.63, 3.8) is 0 Å². The van der Waals surface area contributed by atoms with E-state index in [-0.39, 0.29) is 11.5 Å². The predicted octanol–water partition coefficient (Wildman–Crippen LogP) is 2.45. The lowest BCUT2D eigenvalue weighted by molar-refractivity contribution is 0.170. The first-order valence-corrected chi connectivity index (χ1v) is 6.72. The molecule has 1 aromatic rings. The van der Waals surface area contributed by atoms with Crippen molar-refractivity contribution in [3.05, 3.63) is 22.8 Å². The van der Waals surface area contributed by atoms with Gasteiger partial charge in [-0.15, -0.1) is 0 Å². The molecule has 0 aromatic heterocycles. The van der Waals surface area contributed by atoms with Gasteiger partial charge in [-0.3, -0.25) is 0 Å². The minimum absolute atomic E-state index is 0.171. The molecule has 1 heterocycles. The predicted molar refractivity (Wildman–Crippen MR) is 71.5 cm³/mol. The van der Waals surface area contributed by atoms with E-state index in [0.29, 0.717) is 13.2 Å². The van der Waals surface area contributed by atoms with Crippen LogP contribution in [-0.4, -0.2) is 19.3 Å². The average molecular weight is 247 g/mol. The Morgan fingerprint density at radius 2 is 1.83 bits per heavy atom. The maximum absolute atomic E-state index is 6.19. The number of rotatable bonds is 2. The average Bonchev–Trinajstić information content (AvgIpc) is 3.15. The van der Waals surface area contributed by atoms with Crippen LogP contribution < -0.4 is 15.2 Å². The summed E-state index contributed by atoms with van der Waals surface area (Å²) in [5, 5.41) is 0. The van der Waals surface area contributed by atoms with Gasteiger partial charge in [0.15, 0.2) is 11.5 Å². The molecule has 0 spiro atoms. The summed E-state index contributed by atoms with van der Waals surface area (Å²) in [5.41, 5.74) is 10.2. The Morgan fingerprint density at radius 3 is 2.44 bits per heavy atom. The van der Waals surface area contributed by atoms with Gasteiger partial charge in [-0.25, -0.2) is 0 Å². The van der Waals surface area contributed by atoms with Crippen LogP contribution >= 0.6 is 0 Å². The molecule has 1 saturated carbocycles. The first-order valence-electron chi connectivity index (χ1n) is 6.72. The van der Waals surface area contributed by atoms with E-state index in [0.717, 1.165) is 11.5 Å². The Morgan fingerprint density at radius 1 is 1.17 bits per heavy atom. The topological polar surface area (TPSA) is 44.5 Å². The normalized spacial score (nSPS) is 21.6. The third-order valence-corrected chi connectivity index (χ3v) is 4.59. The molecule has 2 N–H and O–H groups in total. The molecule has 1 aromatic carbocycles. The number of benzene rings is 1. The second-order valence-electron chi connectivity index (χ2n) is 5.64. The number of fused-ring (bicyclic) bond motifs is 1.